The largest absolute Gasteiger partial charge is 0.491 e. The topological polar surface area (TPSA) is 84.5 Å². The second-order valence-electron chi connectivity index (χ2n) is 8.05. The summed E-state index contributed by atoms with van der Waals surface area (Å²) in [7, 11) is -3.88. The number of carbonyl (C=O) groups excluding carboxylic acids is 1. The van der Waals surface area contributed by atoms with Crippen molar-refractivity contribution in [3.8, 4) is 5.75 Å². The van der Waals surface area contributed by atoms with Crippen LogP contribution in [0.25, 0.3) is 0 Å². The third kappa shape index (κ3) is 5.68. The number of nitrogens with one attached hydrogen (secondary N) is 2. The fraction of sp³-hybridized carbons (Fsp3) is 0.240. The van der Waals surface area contributed by atoms with E-state index in [0.717, 1.165) is 11.1 Å². The highest BCUT2D eigenvalue weighted by Gasteiger charge is 2.20. The Balaban J connectivity index is 1.86. The van der Waals surface area contributed by atoms with Crippen LogP contribution in [-0.2, 0) is 10.0 Å². The predicted molar refractivity (Wildman–Crippen MR) is 128 cm³/mol. The molecule has 0 aromatic heterocycles. The van der Waals surface area contributed by atoms with E-state index in [0.29, 0.717) is 22.7 Å². The Labute approximate surface area is 189 Å². The quantitative estimate of drug-likeness (QED) is 0.499. The molecule has 0 unspecified atom stereocenters. The van der Waals surface area contributed by atoms with E-state index < -0.39 is 15.9 Å². The number of anilines is 2. The lowest BCUT2D eigenvalue weighted by atomic mass is 10.1. The molecule has 0 saturated heterocycles. The summed E-state index contributed by atoms with van der Waals surface area (Å²) in [6.45, 7) is 9.28. The molecule has 0 aliphatic carbocycles. The van der Waals surface area contributed by atoms with E-state index in [-0.39, 0.29) is 16.6 Å². The van der Waals surface area contributed by atoms with Crippen LogP contribution in [0.5, 0.6) is 5.75 Å². The van der Waals surface area contributed by atoms with Crippen molar-refractivity contribution >= 4 is 27.3 Å². The van der Waals surface area contributed by atoms with Gasteiger partial charge in [0.05, 0.1) is 16.7 Å². The van der Waals surface area contributed by atoms with E-state index >= 15 is 0 Å². The fourth-order valence-corrected chi connectivity index (χ4v) is 4.59. The zero-order chi connectivity index (χ0) is 23.5. The second-order valence-corrected chi connectivity index (χ2v) is 9.70. The Morgan fingerprint density at radius 3 is 2.34 bits per heavy atom. The summed E-state index contributed by atoms with van der Waals surface area (Å²) in [6.07, 6.45) is 0.00959. The molecule has 0 bridgehead atoms. The average molecular weight is 453 g/mol. The predicted octanol–water partition coefficient (Wildman–Crippen LogP) is 5.45. The number of amides is 1. The lowest BCUT2D eigenvalue weighted by molar-refractivity contribution is 0.102. The van der Waals surface area contributed by atoms with Gasteiger partial charge in [0, 0.05) is 17.3 Å². The summed E-state index contributed by atoms with van der Waals surface area (Å²) in [5.41, 5.74) is 3.63. The van der Waals surface area contributed by atoms with Gasteiger partial charge in [-0.1, -0.05) is 24.3 Å². The molecule has 0 spiro atoms. The van der Waals surface area contributed by atoms with Crippen molar-refractivity contribution in [1.82, 2.24) is 0 Å². The number of benzene rings is 3. The number of aryl methyl sites for hydroxylation is 3. The summed E-state index contributed by atoms with van der Waals surface area (Å²) in [6, 6.07) is 17.3. The normalized spacial score (nSPS) is 11.3. The van der Waals surface area contributed by atoms with Crippen LogP contribution in [0.1, 0.15) is 40.9 Å². The molecule has 0 aliphatic heterocycles. The minimum atomic E-state index is -3.88. The van der Waals surface area contributed by atoms with Crippen LogP contribution < -0.4 is 14.8 Å². The molecule has 0 aliphatic rings. The first-order chi connectivity index (χ1) is 15.0. The van der Waals surface area contributed by atoms with Crippen molar-refractivity contribution in [3.63, 3.8) is 0 Å². The van der Waals surface area contributed by atoms with Crippen LogP contribution in [0.2, 0.25) is 0 Å². The van der Waals surface area contributed by atoms with Crippen molar-refractivity contribution < 1.29 is 17.9 Å². The molecule has 3 rings (SSSR count). The van der Waals surface area contributed by atoms with Crippen LogP contribution >= 0.6 is 0 Å². The molecule has 0 fully saturated rings. The molecular formula is C25H28N2O4S. The highest BCUT2D eigenvalue weighted by molar-refractivity contribution is 7.92. The van der Waals surface area contributed by atoms with Crippen molar-refractivity contribution in [2.45, 2.75) is 45.6 Å². The summed E-state index contributed by atoms with van der Waals surface area (Å²) < 4.78 is 34.5. The molecule has 2 N–H and O–H groups in total. The Kier molecular flexibility index (Phi) is 6.89. The van der Waals surface area contributed by atoms with Gasteiger partial charge < -0.3 is 10.1 Å². The molecule has 0 heterocycles. The Bertz CT molecular complexity index is 1250. The first-order valence-electron chi connectivity index (χ1n) is 10.3. The molecule has 32 heavy (non-hydrogen) atoms. The van der Waals surface area contributed by atoms with Gasteiger partial charge in [0.2, 0.25) is 0 Å². The molecule has 0 atom stereocenters. The molecular weight excluding hydrogens is 424 g/mol. The van der Waals surface area contributed by atoms with Crippen molar-refractivity contribution in [3.05, 3.63) is 82.9 Å². The van der Waals surface area contributed by atoms with E-state index in [9.17, 15) is 13.2 Å². The minimum Gasteiger partial charge on any atom is -0.491 e. The highest BCUT2D eigenvalue weighted by Crippen LogP contribution is 2.25. The van der Waals surface area contributed by atoms with Gasteiger partial charge in [-0.3, -0.25) is 9.52 Å². The van der Waals surface area contributed by atoms with Crippen molar-refractivity contribution in [2.24, 2.45) is 0 Å². The number of rotatable bonds is 7. The van der Waals surface area contributed by atoms with Gasteiger partial charge in [0.15, 0.2) is 0 Å². The molecule has 168 valence electrons. The van der Waals surface area contributed by atoms with Gasteiger partial charge in [-0.05, 0) is 81.6 Å². The lowest BCUT2D eigenvalue weighted by Gasteiger charge is -2.14. The number of carbonyl (C=O) groups is 1. The third-order valence-corrected chi connectivity index (χ3v) is 6.35. The smallest absolute Gasteiger partial charge is 0.262 e. The first kappa shape index (κ1) is 23.3. The molecule has 6 nitrogen and oxygen atoms in total. The van der Waals surface area contributed by atoms with Crippen LogP contribution in [0, 0.1) is 20.8 Å². The van der Waals surface area contributed by atoms with Gasteiger partial charge in [0.1, 0.15) is 5.75 Å². The zero-order valence-electron chi connectivity index (χ0n) is 18.9. The standard InChI is InChI=1S/C25H28N2O4S/c1-16(2)31-22-8-6-7-21(15-22)26-25(28)20-12-11-19(5)24(14-20)32(29,30)27-23-13-17(3)9-10-18(23)4/h6-16,27H,1-5H3,(H,26,28). The van der Waals surface area contributed by atoms with Crippen LogP contribution in [0.4, 0.5) is 11.4 Å². The Morgan fingerprint density at radius 1 is 0.906 bits per heavy atom. The van der Waals surface area contributed by atoms with E-state index in [1.165, 1.54) is 6.07 Å². The molecule has 3 aromatic carbocycles. The SMILES string of the molecule is Cc1ccc(C)c(NS(=O)(=O)c2cc(C(=O)Nc3cccc(OC(C)C)c3)ccc2C)c1. The monoisotopic (exact) mass is 452 g/mol. The maximum absolute atomic E-state index is 13.1. The van der Waals surface area contributed by atoms with Gasteiger partial charge in [0.25, 0.3) is 15.9 Å². The Hall–Kier alpha value is -3.32. The molecule has 7 heteroatoms. The van der Waals surface area contributed by atoms with Gasteiger partial charge >= 0.3 is 0 Å². The summed E-state index contributed by atoms with van der Waals surface area (Å²) in [5, 5.41) is 2.80. The van der Waals surface area contributed by atoms with Crippen molar-refractivity contribution in [2.75, 3.05) is 10.0 Å². The van der Waals surface area contributed by atoms with Crippen LogP contribution in [0.3, 0.4) is 0 Å². The number of ether oxygens (including phenoxy) is 1. The summed E-state index contributed by atoms with van der Waals surface area (Å²) in [4.78, 5) is 12.9. The Morgan fingerprint density at radius 2 is 1.62 bits per heavy atom. The molecule has 0 radical (unpaired) electrons. The molecule has 3 aromatic rings. The number of sulfonamides is 1. The number of hydrogen-bond donors (Lipinski definition) is 2. The van der Waals surface area contributed by atoms with Crippen molar-refractivity contribution in [1.29, 1.82) is 0 Å². The lowest BCUT2D eigenvalue weighted by Crippen LogP contribution is -2.17. The van der Waals surface area contributed by atoms with E-state index in [2.05, 4.69) is 10.0 Å². The second kappa shape index (κ2) is 9.44. The summed E-state index contributed by atoms with van der Waals surface area (Å²) in [5.74, 6) is 0.234. The first-order valence-corrected chi connectivity index (χ1v) is 11.8. The zero-order valence-corrected chi connectivity index (χ0v) is 19.7. The number of hydrogen-bond acceptors (Lipinski definition) is 4. The molecule has 1 amide bonds. The fourth-order valence-electron chi connectivity index (χ4n) is 3.20. The third-order valence-electron chi connectivity index (χ3n) is 4.84. The highest BCUT2D eigenvalue weighted by atomic mass is 32.2. The summed E-state index contributed by atoms with van der Waals surface area (Å²) >= 11 is 0. The van der Waals surface area contributed by atoms with Crippen LogP contribution in [0.15, 0.2) is 65.6 Å². The van der Waals surface area contributed by atoms with Gasteiger partial charge in [-0.25, -0.2) is 8.42 Å². The van der Waals surface area contributed by atoms with Crippen LogP contribution in [-0.4, -0.2) is 20.4 Å². The van der Waals surface area contributed by atoms with Gasteiger partial charge in [-0.15, -0.1) is 0 Å². The maximum Gasteiger partial charge on any atom is 0.262 e. The van der Waals surface area contributed by atoms with E-state index in [1.807, 2.05) is 45.9 Å². The molecule has 0 saturated carbocycles. The van der Waals surface area contributed by atoms with Gasteiger partial charge in [-0.2, -0.15) is 0 Å². The van der Waals surface area contributed by atoms with E-state index in [4.69, 9.17) is 4.74 Å². The maximum atomic E-state index is 13.1. The van der Waals surface area contributed by atoms with E-state index in [1.54, 1.807) is 43.3 Å². The average Bonchev–Trinajstić information content (AvgIpc) is 2.70. The minimum absolute atomic E-state index is 0.00959.